The first kappa shape index (κ1) is 19.6. The second-order valence-corrected chi connectivity index (χ2v) is 7.54. The topological polar surface area (TPSA) is 64.1 Å². The maximum Gasteiger partial charge on any atom is 0.257 e. The lowest BCUT2D eigenvalue weighted by Crippen LogP contribution is -2.11. The number of unbranched alkanes of at least 4 members (excludes halogenated alkanes) is 1. The van der Waals surface area contributed by atoms with E-state index in [1.54, 1.807) is 42.5 Å². The first-order valence-corrected chi connectivity index (χ1v) is 9.97. The van der Waals surface area contributed by atoms with Gasteiger partial charge in [0.2, 0.25) is 5.13 Å². The van der Waals surface area contributed by atoms with Crippen LogP contribution >= 0.6 is 34.5 Å². The largest absolute Gasteiger partial charge is 0.494 e. The number of hydrogen-bond donors (Lipinski definition) is 1. The molecule has 0 fully saturated rings. The number of amides is 1. The molecule has 0 aliphatic heterocycles. The fourth-order valence-electron chi connectivity index (χ4n) is 2.25. The Morgan fingerprint density at radius 1 is 1.15 bits per heavy atom. The molecule has 27 heavy (non-hydrogen) atoms. The summed E-state index contributed by atoms with van der Waals surface area (Å²) in [7, 11) is 0. The van der Waals surface area contributed by atoms with Crippen molar-refractivity contribution in [3.05, 3.63) is 58.1 Å². The molecule has 0 aliphatic rings. The van der Waals surface area contributed by atoms with Crippen LogP contribution in [0.15, 0.2) is 42.5 Å². The van der Waals surface area contributed by atoms with E-state index in [2.05, 4.69) is 22.4 Å². The molecule has 0 saturated carbocycles. The maximum absolute atomic E-state index is 12.4. The lowest BCUT2D eigenvalue weighted by atomic mass is 10.2. The smallest absolute Gasteiger partial charge is 0.257 e. The van der Waals surface area contributed by atoms with E-state index in [4.69, 9.17) is 27.9 Å². The third-order valence-corrected chi connectivity index (χ3v) is 5.11. The van der Waals surface area contributed by atoms with Gasteiger partial charge in [0, 0.05) is 16.1 Å². The first-order valence-electron chi connectivity index (χ1n) is 8.40. The molecule has 0 saturated heterocycles. The Balaban J connectivity index is 1.65. The quantitative estimate of drug-likeness (QED) is 0.479. The van der Waals surface area contributed by atoms with Crippen molar-refractivity contribution >= 4 is 45.6 Å². The molecule has 1 heterocycles. The maximum atomic E-state index is 12.4. The number of nitrogens with one attached hydrogen (secondary N) is 1. The van der Waals surface area contributed by atoms with Crippen LogP contribution in [0.25, 0.3) is 10.6 Å². The predicted molar refractivity (Wildman–Crippen MR) is 110 cm³/mol. The molecular weight excluding hydrogens is 405 g/mol. The molecule has 2 aromatic carbocycles. The highest BCUT2D eigenvalue weighted by Gasteiger charge is 2.13. The molecule has 8 heteroatoms. The number of carbonyl (C=O) groups excluding carboxylic acids is 1. The van der Waals surface area contributed by atoms with Crippen molar-refractivity contribution in [1.29, 1.82) is 0 Å². The van der Waals surface area contributed by atoms with Crippen LogP contribution in [-0.2, 0) is 0 Å². The Labute approximate surface area is 171 Å². The van der Waals surface area contributed by atoms with E-state index >= 15 is 0 Å². The summed E-state index contributed by atoms with van der Waals surface area (Å²) < 4.78 is 5.60. The van der Waals surface area contributed by atoms with Gasteiger partial charge in [-0.1, -0.05) is 47.9 Å². The summed E-state index contributed by atoms with van der Waals surface area (Å²) in [5, 5.41) is 12.9. The van der Waals surface area contributed by atoms with Crippen molar-refractivity contribution in [2.45, 2.75) is 19.8 Å². The van der Waals surface area contributed by atoms with E-state index in [0.717, 1.165) is 18.6 Å². The second kappa shape index (κ2) is 9.17. The summed E-state index contributed by atoms with van der Waals surface area (Å²) >= 11 is 13.3. The van der Waals surface area contributed by atoms with Crippen molar-refractivity contribution in [2.24, 2.45) is 0 Å². The Morgan fingerprint density at radius 3 is 2.63 bits per heavy atom. The molecule has 1 aromatic heterocycles. The van der Waals surface area contributed by atoms with Crippen LogP contribution in [-0.4, -0.2) is 22.7 Å². The van der Waals surface area contributed by atoms with E-state index in [-0.39, 0.29) is 5.91 Å². The van der Waals surface area contributed by atoms with Crippen LogP contribution < -0.4 is 10.1 Å². The Bertz CT molecular complexity index is 929. The number of nitrogens with zero attached hydrogens (tertiary/aromatic N) is 2. The molecule has 1 amide bonds. The normalized spacial score (nSPS) is 10.6. The standard InChI is InChI=1S/C19H17Cl2N3O2S/c1-2-3-10-26-14-7-4-12(5-8-14)17(25)22-19-24-23-18(27-19)15-9-6-13(20)11-16(15)21/h4-9,11H,2-3,10H2,1H3,(H,22,24,25). The minimum atomic E-state index is -0.264. The highest BCUT2D eigenvalue weighted by atomic mass is 35.5. The molecule has 0 bridgehead atoms. The summed E-state index contributed by atoms with van der Waals surface area (Å²) in [6, 6.07) is 12.1. The molecule has 3 rings (SSSR count). The van der Waals surface area contributed by atoms with E-state index in [1.807, 2.05) is 0 Å². The molecule has 5 nitrogen and oxygen atoms in total. The van der Waals surface area contributed by atoms with Crippen LogP contribution in [0.1, 0.15) is 30.1 Å². The summed E-state index contributed by atoms with van der Waals surface area (Å²) in [6.07, 6.45) is 2.07. The Kier molecular flexibility index (Phi) is 6.66. The lowest BCUT2D eigenvalue weighted by Gasteiger charge is -2.06. The van der Waals surface area contributed by atoms with E-state index in [1.165, 1.54) is 11.3 Å². The Hall–Kier alpha value is -2.15. The van der Waals surface area contributed by atoms with Gasteiger partial charge in [-0.05, 0) is 48.9 Å². The molecule has 1 N–H and O–H groups in total. The third-order valence-electron chi connectivity index (χ3n) is 3.69. The van der Waals surface area contributed by atoms with Crippen molar-refractivity contribution < 1.29 is 9.53 Å². The van der Waals surface area contributed by atoms with Crippen molar-refractivity contribution in [2.75, 3.05) is 11.9 Å². The van der Waals surface area contributed by atoms with Gasteiger partial charge in [-0.25, -0.2) is 0 Å². The zero-order chi connectivity index (χ0) is 19.2. The monoisotopic (exact) mass is 421 g/mol. The minimum Gasteiger partial charge on any atom is -0.494 e. The number of ether oxygens (including phenoxy) is 1. The molecular formula is C19H17Cl2N3O2S. The van der Waals surface area contributed by atoms with Crippen molar-refractivity contribution in [3.8, 4) is 16.3 Å². The van der Waals surface area contributed by atoms with E-state index in [9.17, 15) is 4.79 Å². The SMILES string of the molecule is CCCCOc1ccc(C(=O)Nc2nnc(-c3ccc(Cl)cc3Cl)s2)cc1. The Morgan fingerprint density at radius 2 is 1.93 bits per heavy atom. The number of anilines is 1. The third kappa shape index (κ3) is 5.19. The molecule has 0 atom stereocenters. The molecule has 0 unspecified atom stereocenters. The van der Waals surface area contributed by atoms with Gasteiger partial charge in [0.05, 0.1) is 11.6 Å². The zero-order valence-electron chi connectivity index (χ0n) is 14.5. The van der Waals surface area contributed by atoms with Gasteiger partial charge in [-0.15, -0.1) is 10.2 Å². The molecule has 0 spiro atoms. The van der Waals surface area contributed by atoms with Crippen LogP contribution in [0, 0.1) is 0 Å². The fourth-order valence-corrected chi connectivity index (χ4v) is 3.58. The predicted octanol–water partition coefficient (Wildman–Crippen LogP) is 5.94. The summed E-state index contributed by atoms with van der Waals surface area (Å²) in [5.41, 5.74) is 1.23. The first-order chi connectivity index (χ1) is 13.1. The summed E-state index contributed by atoms with van der Waals surface area (Å²) in [4.78, 5) is 12.4. The number of aromatic nitrogens is 2. The van der Waals surface area contributed by atoms with Gasteiger partial charge in [0.15, 0.2) is 5.01 Å². The molecule has 140 valence electrons. The molecule has 0 radical (unpaired) electrons. The second-order valence-electron chi connectivity index (χ2n) is 5.72. The van der Waals surface area contributed by atoms with Gasteiger partial charge in [-0.2, -0.15) is 0 Å². The van der Waals surface area contributed by atoms with Crippen molar-refractivity contribution in [3.63, 3.8) is 0 Å². The lowest BCUT2D eigenvalue weighted by molar-refractivity contribution is 0.102. The van der Waals surface area contributed by atoms with E-state index in [0.29, 0.717) is 37.9 Å². The number of rotatable bonds is 7. The highest BCUT2D eigenvalue weighted by Crippen LogP contribution is 2.33. The van der Waals surface area contributed by atoms with Gasteiger partial charge in [0.25, 0.3) is 5.91 Å². The summed E-state index contributed by atoms with van der Waals surface area (Å²) in [5.74, 6) is 0.482. The van der Waals surface area contributed by atoms with E-state index < -0.39 is 0 Å². The zero-order valence-corrected chi connectivity index (χ0v) is 16.9. The van der Waals surface area contributed by atoms with Crippen molar-refractivity contribution in [1.82, 2.24) is 10.2 Å². The van der Waals surface area contributed by atoms with Gasteiger partial charge in [-0.3, -0.25) is 10.1 Å². The van der Waals surface area contributed by atoms with Gasteiger partial charge in [0.1, 0.15) is 5.75 Å². The average molecular weight is 422 g/mol. The number of benzene rings is 2. The number of carbonyl (C=O) groups is 1. The average Bonchev–Trinajstić information content (AvgIpc) is 3.10. The minimum absolute atomic E-state index is 0.264. The van der Waals surface area contributed by atoms with Gasteiger partial charge >= 0.3 is 0 Å². The molecule has 3 aromatic rings. The highest BCUT2D eigenvalue weighted by molar-refractivity contribution is 7.18. The number of halogens is 2. The number of hydrogen-bond acceptors (Lipinski definition) is 5. The molecule has 0 aliphatic carbocycles. The fraction of sp³-hybridized carbons (Fsp3) is 0.211. The van der Waals surface area contributed by atoms with Crippen LogP contribution in [0.2, 0.25) is 10.0 Å². The van der Waals surface area contributed by atoms with Crippen LogP contribution in [0.4, 0.5) is 5.13 Å². The summed E-state index contributed by atoms with van der Waals surface area (Å²) in [6.45, 7) is 2.78. The van der Waals surface area contributed by atoms with Crippen LogP contribution in [0.5, 0.6) is 5.75 Å². The van der Waals surface area contributed by atoms with Crippen LogP contribution in [0.3, 0.4) is 0 Å². The van der Waals surface area contributed by atoms with Gasteiger partial charge < -0.3 is 4.74 Å².